The van der Waals surface area contributed by atoms with E-state index in [0.717, 1.165) is 21.3 Å². The fourth-order valence-corrected chi connectivity index (χ4v) is 4.63. The summed E-state index contributed by atoms with van der Waals surface area (Å²) >= 11 is 21.0. The van der Waals surface area contributed by atoms with Crippen LogP contribution in [0.1, 0.15) is 10.6 Å². The normalized spacial score (nSPS) is 10.6. The predicted molar refractivity (Wildman–Crippen MR) is 115 cm³/mol. The quantitative estimate of drug-likeness (QED) is 0.437. The predicted octanol–water partition coefficient (Wildman–Crippen LogP) is 6.58. The van der Waals surface area contributed by atoms with Crippen molar-refractivity contribution in [2.45, 2.75) is 11.5 Å². The summed E-state index contributed by atoms with van der Waals surface area (Å²) in [5, 5.41) is 16.2. The van der Waals surface area contributed by atoms with E-state index in [0.29, 0.717) is 26.6 Å². The zero-order chi connectivity index (χ0) is 19.2. The fraction of sp³-hybridized carbons (Fsp3) is 0.118. The summed E-state index contributed by atoms with van der Waals surface area (Å²) in [5.41, 5.74) is 1.53. The van der Waals surface area contributed by atoms with Gasteiger partial charge in [-0.2, -0.15) is 0 Å². The molecule has 2 N–H and O–H groups in total. The maximum atomic E-state index is 12.1. The zero-order valence-corrected chi connectivity index (χ0v) is 17.6. The fourth-order valence-electron chi connectivity index (χ4n) is 2.07. The molecular weight excluding hydrogens is 447 g/mol. The van der Waals surface area contributed by atoms with Crippen LogP contribution in [0.5, 0.6) is 0 Å². The SMILES string of the molecule is O=C(Nc1nnc(CSCc2ccccc2Cl)s1)Nc1ccc(Cl)cc1Cl. The Labute approximate surface area is 179 Å². The first-order chi connectivity index (χ1) is 13.0. The van der Waals surface area contributed by atoms with Crippen molar-refractivity contribution in [1.29, 1.82) is 0 Å². The van der Waals surface area contributed by atoms with E-state index in [2.05, 4.69) is 20.8 Å². The molecule has 2 amide bonds. The molecule has 0 radical (unpaired) electrons. The number of thioether (sulfide) groups is 1. The van der Waals surface area contributed by atoms with Gasteiger partial charge in [0.25, 0.3) is 0 Å². The minimum absolute atomic E-state index is 0.353. The van der Waals surface area contributed by atoms with Crippen molar-refractivity contribution in [2.24, 2.45) is 0 Å². The molecule has 1 heterocycles. The van der Waals surface area contributed by atoms with Gasteiger partial charge in [0.05, 0.1) is 10.7 Å². The van der Waals surface area contributed by atoms with Gasteiger partial charge < -0.3 is 5.32 Å². The Hall–Kier alpha value is -1.51. The van der Waals surface area contributed by atoms with Crippen LogP contribution in [-0.4, -0.2) is 16.2 Å². The number of hydrogen-bond donors (Lipinski definition) is 2. The van der Waals surface area contributed by atoms with E-state index in [1.165, 1.54) is 11.3 Å². The minimum atomic E-state index is -0.453. The van der Waals surface area contributed by atoms with Crippen molar-refractivity contribution in [1.82, 2.24) is 10.2 Å². The summed E-state index contributed by atoms with van der Waals surface area (Å²) in [6.45, 7) is 0. The summed E-state index contributed by atoms with van der Waals surface area (Å²) in [6, 6.07) is 12.1. The highest BCUT2D eigenvalue weighted by atomic mass is 35.5. The van der Waals surface area contributed by atoms with Crippen LogP contribution in [0.15, 0.2) is 42.5 Å². The van der Waals surface area contributed by atoms with E-state index in [9.17, 15) is 4.79 Å². The Morgan fingerprint density at radius 1 is 1.00 bits per heavy atom. The molecule has 0 aliphatic heterocycles. The van der Waals surface area contributed by atoms with Gasteiger partial charge in [0, 0.05) is 21.6 Å². The van der Waals surface area contributed by atoms with Crippen molar-refractivity contribution in [3.05, 3.63) is 68.1 Å². The van der Waals surface area contributed by atoms with Crippen LogP contribution in [0.25, 0.3) is 0 Å². The molecule has 1 aromatic heterocycles. The first-order valence-corrected chi connectivity index (χ1v) is 10.8. The minimum Gasteiger partial charge on any atom is -0.306 e. The highest BCUT2D eigenvalue weighted by Gasteiger charge is 2.10. The number of anilines is 2. The topological polar surface area (TPSA) is 66.9 Å². The highest BCUT2D eigenvalue weighted by molar-refractivity contribution is 7.97. The largest absolute Gasteiger partial charge is 0.325 e. The van der Waals surface area contributed by atoms with Gasteiger partial charge in [0.1, 0.15) is 5.01 Å². The number of carbonyl (C=O) groups is 1. The lowest BCUT2D eigenvalue weighted by molar-refractivity contribution is 0.262. The van der Waals surface area contributed by atoms with Crippen molar-refractivity contribution in [3.63, 3.8) is 0 Å². The summed E-state index contributed by atoms with van der Waals surface area (Å²) in [6.07, 6.45) is 0. The summed E-state index contributed by atoms with van der Waals surface area (Å²) < 4.78 is 0. The van der Waals surface area contributed by atoms with Gasteiger partial charge in [-0.05, 0) is 29.8 Å². The van der Waals surface area contributed by atoms with Crippen LogP contribution < -0.4 is 10.6 Å². The molecule has 0 spiro atoms. The van der Waals surface area contributed by atoms with Crippen LogP contribution in [-0.2, 0) is 11.5 Å². The van der Waals surface area contributed by atoms with Crippen LogP contribution in [0.4, 0.5) is 15.6 Å². The lowest BCUT2D eigenvalue weighted by atomic mass is 10.2. The van der Waals surface area contributed by atoms with Gasteiger partial charge in [0.2, 0.25) is 5.13 Å². The van der Waals surface area contributed by atoms with Crippen molar-refractivity contribution in [3.8, 4) is 0 Å². The highest BCUT2D eigenvalue weighted by Crippen LogP contribution is 2.27. The number of benzene rings is 2. The van der Waals surface area contributed by atoms with Gasteiger partial charge >= 0.3 is 6.03 Å². The molecule has 0 saturated carbocycles. The molecule has 10 heteroatoms. The first kappa shape index (κ1) is 20.2. The van der Waals surface area contributed by atoms with E-state index < -0.39 is 6.03 Å². The number of urea groups is 1. The Morgan fingerprint density at radius 3 is 2.59 bits per heavy atom. The summed E-state index contributed by atoms with van der Waals surface area (Å²) in [5.74, 6) is 1.45. The summed E-state index contributed by atoms with van der Waals surface area (Å²) in [7, 11) is 0. The Kier molecular flexibility index (Phi) is 7.20. The third-order valence-corrected chi connectivity index (χ3v) is 6.24. The number of rotatable bonds is 6. The van der Waals surface area contributed by atoms with Crippen molar-refractivity contribution < 1.29 is 4.79 Å². The van der Waals surface area contributed by atoms with Gasteiger partial charge in [-0.3, -0.25) is 5.32 Å². The monoisotopic (exact) mass is 458 g/mol. The number of hydrogen-bond acceptors (Lipinski definition) is 5. The molecule has 3 rings (SSSR count). The number of nitrogens with zero attached hydrogens (tertiary/aromatic N) is 2. The first-order valence-electron chi connectivity index (χ1n) is 7.68. The van der Waals surface area contributed by atoms with Crippen LogP contribution in [0.2, 0.25) is 15.1 Å². The third kappa shape index (κ3) is 5.99. The van der Waals surface area contributed by atoms with Gasteiger partial charge in [-0.15, -0.1) is 22.0 Å². The molecule has 0 bridgehead atoms. The van der Waals surface area contributed by atoms with Crippen LogP contribution >= 0.6 is 57.9 Å². The lowest BCUT2D eigenvalue weighted by Crippen LogP contribution is -2.19. The molecule has 0 aliphatic rings. The Bertz CT molecular complexity index is 951. The molecule has 3 aromatic rings. The van der Waals surface area contributed by atoms with Gasteiger partial charge in [0.15, 0.2) is 0 Å². The Morgan fingerprint density at radius 2 is 1.81 bits per heavy atom. The molecule has 5 nitrogen and oxygen atoms in total. The average molecular weight is 460 g/mol. The maximum absolute atomic E-state index is 12.1. The van der Waals surface area contributed by atoms with Gasteiger partial charge in [-0.1, -0.05) is 64.3 Å². The van der Waals surface area contributed by atoms with Crippen LogP contribution in [0.3, 0.4) is 0 Å². The number of aromatic nitrogens is 2. The van der Waals surface area contributed by atoms with E-state index in [-0.39, 0.29) is 0 Å². The van der Waals surface area contributed by atoms with Gasteiger partial charge in [-0.25, -0.2) is 4.79 Å². The van der Waals surface area contributed by atoms with E-state index in [1.54, 1.807) is 30.0 Å². The molecule has 0 aliphatic carbocycles. The second kappa shape index (κ2) is 9.61. The molecule has 27 heavy (non-hydrogen) atoms. The molecule has 0 fully saturated rings. The van der Waals surface area contributed by atoms with E-state index >= 15 is 0 Å². The molecular formula is C17H13Cl3N4OS2. The molecule has 140 valence electrons. The molecule has 2 aromatic carbocycles. The second-order valence-electron chi connectivity index (χ2n) is 5.29. The van der Waals surface area contributed by atoms with Crippen LogP contribution in [0, 0.1) is 0 Å². The smallest absolute Gasteiger partial charge is 0.306 e. The number of carbonyl (C=O) groups excluding carboxylic acids is 1. The maximum Gasteiger partial charge on any atom is 0.325 e. The third-order valence-electron chi connectivity index (χ3n) is 3.31. The van der Waals surface area contributed by atoms with Crippen molar-refractivity contribution >= 4 is 74.8 Å². The second-order valence-corrected chi connectivity index (χ2v) is 8.59. The zero-order valence-electron chi connectivity index (χ0n) is 13.7. The summed E-state index contributed by atoms with van der Waals surface area (Å²) in [4.78, 5) is 12.1. The molecule has 0 saturated heterocycles. The average Bonchev–Trinajstić information content (AvgIpc) is 3.06. The number of amides is 2. The number of nitrogens with one attached hydrogen (secondary N) is 2. The van der Waals surface area contributed by atoms with Crippen molar-refractivity contribution in [2.75, 3.05) is 10.6 Å². The van der Waals surface area contributed by atoms with E-state index in [1.807, 2.05) is 24.3 Å². The Balaban J connectivity index is 1.50. The molecule has 0 atom stereocenters. The standard InChI is InChI=1S/C17H13Cl3N4OS2/c18-11-5-6-14(13(20)7-11)21-16(25)22-17-24-23-15(27-17)9-26-8-10-3-1-2-4-12(10)19/h1-7H,8-9H2,(H2,21,22,24,25). The molecule has 0 unspecified atom stereocenters. The number of halogens is 3. The van der Waals surface area contributed by atoms with E-state index in [4.69, 9.17) is 34.8 Å². The lowest BCUT2D eigenvalue weighted by Gasteiger charge is -2.07.